The first-order valence-corrected chi connectivity index (χ1v) is 11.3. The Morgan fingerprint density at radius 3 is 2.70 bits per heavy atom. The maximum Gasteiger partial charge on any atom is 0.252 e. The molecule has 33 heavy (non-hydrogen) atoms. The zero-order valence-electron chi connectivity index (χ0n) is 18.1. The van der Waals surface area contributed by atoms with E-state index in [1.807, 2.05) is 54.6 Å². The number of nitrogens with zero attached hydrogens (tertiary/aromatic N) is 4. The van der Waals surface area contributed by atoms with Crippen LogP contribution in [0.5, 0.6) is 5.88 Å². The summed E-state index contributed by atoms with van der Waals surface area (Å²) in [5.74, 6) is 1.28. The second kappa shape index (κ2) is 9.60. The van der Waals surface area contributed by atoms with E-state index in [1.54, 1.807) is 12.4 Å². The first-order chi connectivity index (χ1) is 16.1. The number of ether oxygens (including phenoxy) is 1. The van der Waals surface area contributed by atoms with E-state index in [0.717, 1.165) is 54.0 Å². The van der Waals surface area contributed by atoms with Gasteiger partial charge in [-0.25, -0.2) is 0 Å². The van der Waals surface area contributed by atoms with Gasteiger partial charge in [0.2, 0.25) is 5.88 Å². The van der Waals surface area contributed by atoms with Crippen LogP contribution >= 0.6 is 11.6 Å². The Bertz CT molecular complexity index is 1320. The Labute approximate surface area is 196 Å². The molecule has 1 aliphatic rings. The lowest BCUT2D eigenvalue weighted by atomic mass is 10.1. The molecular formula is C25H24ClN5O2. The van der Waals surface area contributed by atoms with Gasteiger partial charge < -0.3 is 14.6 Å². The van der Waals surface area contributed by atoms with Gasteiger partial charge in [-0.3, -0.25) is 14.7 Å². The van der Waals surface area contributed by atoms with Crippen LogP contribution in [0.1, 0.15) is 11.1 Å². The van der Waals surface area contributed by atoms with E-state index in [0.29, 0.717) is 24.1 Å². The average molecular weight is 462 g/mol. The van der Waals surface area contributed by atoms with Gasteiger partial charge in [0.15, 0.2) is 5.82 Å². The molecule has 0 amide bonds. The minimum Gasteiger partial charge on any atom is -0.472 e. The van der Waals surface area contributed by atoms with Crippen LogP contribution in [-0.4, -0.2) is 46.0 Å². The molecule has 1 fully saturated rings. The summed E-state index contributed by atoms with van der Waals surface area (Å²) in [4.78, 5) is 28.9. The number of para-hydroxylation sites is 1. The van der Waals surface area contributed by atoms with Crippen molar-refractivity contribution < 1.29 is 4.74 Å². The summed E-state index contributed by atoms with van der Waals surface area (Å²) in [6, 6.07) is 17.4. The highest BCUT2D eigenvalue weighted by Gasteiger charge is 2.20. The fraction of sp³-hybridized carbons (Fsp3) is 0.240. The van der Waals surface area contributed by atoms with E-state index < -0.39 is 0 Å². The van der Waals surface area contributed by atoms with Gasteiger partial charge in [-0.2, -0.15) is 4.98 Å². The molecule has 1 saturated heterocycles. The van der Waals surface area contributed by atoms with Gasteiger partial charge in [-0.1, -0.05) is 41.9 Å². The minimum absolute atomic E-state index is 0.0217. The number of anilines is 1. The monoisotopic (exact) mass is 461 g/mol. The van der Waals surface area contributed by atoms with E-state index >= 15 is 0 Å². The van der Waals surface area contributed by atoms with Crippen LogP contribution in [-0.2, 0) is 13.2 Å². The number of fused-ring (bicyclic) bond motifs is 1. The topological polar surface area (TPSA) is 74.4 Å². The lowest BCUT2D eigenvalue weighted by Crippen LogP contribution is -2.46. The average Bonchev–Trinajstić information content (AvgIpc) is 2.84. The molecule has 0 saturated carbocycles. The van der Waals surface area contributed by atoms with Crippen molar-refractivity contribution in [3.05, 3.63) is 93.5 Å². The van der Waals surface area contributed by atoms with Crippen LogP contribution < -0.4 is 15.2 Å². The number of hydrogen-bond donors (Lipinski definition) is 1. The molecule has 1 N–H and O–H groups in total. The Kier molecular flexibility index (Phi) is 6.24. The van der Waals surface area contributed by atoms with Gasteiger partial charge in [0, 0.05) is 48.8 Å². The van der Waals surface area contributed by atoms with Gasteiger partial charge in [0.25, 0.3) is 5.56 Å². The molecule has 168 valence electrons. The van der Waals surface area contributed by atoms with Crippen molar-refractivity contribution in [2.45, 2.75) is 13.2 Å². The molecular weight excluding hydrogens is 438 g/mol. The van der Waals surface area contributed by atoms with Crippen molar-refractivity contribution in [3.63, 3.8) is 0 Å². The number of benzene rings is 2. The smallest absolute Gasteiger partial charge is 0.252 e. The Hall–Kier alpha value is -3.42. The molecule has 0 unspecified atom stereocenters. The largest absolute Gasteiger partial charge is 0.472 e. The summed E-state index contributed by atoms with van der Waals surface area (Å²) >= 11 is 6.04. The van der Waals surface area contributed by atoms with E-state index in [9.17, 15) is 4.79 Å². The molecule has 5 rings (SSSR count). The first-order valence-electron chi connectivity index (χ1n) is 10.9. The Morgan fingerprint density at radius 1 is 1.00 bits per heavy atom. The predicted molar refractivity (Wildman–Crippen MR) is 130 cm³/mol. The summed E-state index contributed by atoms with van der Waals surface area (Å²) in [5.41, 5.74) is 2.61. The van der Waals surface area contributed by atoms with Crippen molar-refractivity contribution in [3.8, 4) is 5.88 Å². The maximum atomic E-state index is 12.5. The lowest BCUT2D eigenvalue weighted by molar-refractivity contribution is 0.247. The zero-order chi connectivity index (χ0) is 22.6. The van der Waals surface area contributed by atoms with Crippen molar-refractivity contribution in [2.75, 3.05) is 31.1 Å². The van der Waals surface area contributed by atoms with Crippen molar-refractivity contribution >= 4 is 28.3 Å². The maximum absolute atomic E-state index is 12.5. The normalized spacial score (nSPS) is 14.5. The van der Waals surface area contributed by atoms with Crippen LogP contribution in [0, 0.1) is 0 Å². The molecule has 7 nitrogen and oxygen atoms in total. The zero-order valence-corrected chi connectivity index (χ0v) is 18.8. The van der Waals surface area contributed by atoms with Crippen LogP contribution in [0.3, 0.4) is 0 Å². The fourth-order valence-electron chi connectivity index (χ4n) is 4.03. The minimum atomic E-state index is -0.0217. The highest BCUT2D eigenvalue weighted by Crippen LogP contribution is 2.19. The summed E-state index contributed by atoms with van der Waals surface area (Å²) in [5, 5.41) is 1.73. The van der Waals surface area contributed by atoms with Crippen LogP contribution in [0.25, 0.3) is 10.9 Å². The predicted octanol–water partition coefficient (Wildman–Crippen LogP) is 3.87. The van der Waals surface area contributed by atoms with Gasteiger partial charge in [-0.05, 0) is 35.2 Å². The van der Waals surface area contributed by atoms with Crippen molar-refractivity contribution in [1.82, 2.24) is 19.9 Å². The molecule has 0 atom stereocenters. The van der Waals surface area contributed by atoms with Gasteiger partial charge in [-0.15, -0.1) is 0 Å². The number of hydrogen-bond acceptors (Lipinski definition) is 6. The summed E-state index contributed by atoms with van der Waals surface area (Å²) < 4.78 is 5.82. The Balaban J connectivity index is 1.19. The molecule has 3 heterocycles. The standard InChI is InChI=1S/C25H24ClN5O2/c26-21-6-3-4-18(12-21)17-33-24-15-27-14-23(29-24)31-10-8-30(9-11-31)16-20-13-19-5-1-2-7-22(19)28-25(20)32/h1-7,12-15H,8-11,16-17H2,(H,28,32). The lowest BCUT2D eigenvalue weighted by Gasteiger charge is -2.35. The third-order valence-electron chi connectivity index (χ3n) is 5.80. The van der Waals surface area contributed by atoms with Gasteiger partial charge in [0.05, 0.1) is 12.4 Å². The summed E-state index contributed by atoms with van der Waals surface area (Å²) in [6.07, 6.45) is 3.38. The van der Waals surface area contributed by atoms with E-state index in [1.165, 1.54) is 0 Å². The third kappa shape index (κ3) is 5.16. The number of H-pyrrole nitrogens is 1. The first kappa shape index (κ1) is 21.4. The van der Waals surface area contributed by atoms with Crippen LogP contribution in [0.4, 0.5) is 5.82 Å². The summed E-state index contributed by atoms with van der Waals surface area (Å²) in [6.45, 7) is 4.29. The molecule has 2 aromatic carbocycles. The second-order valence-electron chi connectivity index (χ2n) is 8.11. The molecule has 2 aromatic heterocycles. The third-order valence-corrected chi connectivity index (χ3v) is 6.03. The quantitative estimate of drug-likeness (QED) is 0.470. The van der Waals surface area contributed by atoms with E-state index in [4.69, 9.17) is 16.3 Å². The van der Waals surface area contributed by atoms with E-state index in [2.05, 4.69) is 24.8 Å². The molecule has 0 radical (unpaired) electrons. The second-order valence-corrected chi connectivity index (χ2v) is 8.54. The Morgan fingerprint density at radius 2 is 1.85 bits per heavy atom. The number of aromatic nitrogens is 3. The number of nitrogens with one attached hydrogen (secondary N) is 1. The fourth-order valence-corrected chi connectivity index (χ4v) is 4.24. The van der Waals surface area contributed by atoms with E-state index in [-0.39, 0.29) is 5.56 Å². The van der Waals surface area contributed by atoms with Gasteiger partial charge in [0.1, 0.15) is 6.61 Å². The van der Waals surface area contributed by atoms with Crippen LogP contribution in [0.2, 0.25) is 5.02 Å². The highest BCUT2D eigenvalue weighted by molar-refractivity contribution is 6.30. The van der Waals surface area contributed by atoms with Crippen molar-refractivity contribution in [1.29, 1.82) is 0 Å². The van der Waals surface area contributed by atoms with Gasteiger partial charge >= 0.3 is 0 Å². The molecule has 0 aliphatic carbocycles. The highest BCUT2D eigenvalue weighted by atomic mass is 35.5. The number of piperazine rings is 1. The molecule has 1 aliphatic heterocycles. The molecule has 0 spiro atoms. The molecule has 8 heteroatoms. The van der Waals surface area contributed by atoms with Crippen LogP contribution in [0.15, 0.2) is 71.8 Å². The number of aromatic amines is 1. The van der Waals surface area contributed by atoms with Crippen molar-refractivity contribution in [2.24, 2.45) is 0 Å². The number of halogens is 1. The SMILES string of the molecule is O=c1[nH]c2ccccc2cc1CN1CCN(c2cncc(OCc3cccc(Cl)c3)n2)CC1. The number of pyridine rings is 1. The summed E-state index contributed by atoms with van der Waals surface area (Å²) in [7, 11) is 0. The molecule has 4 aromatic rings. The molecule has 0 bridgehead atoms. The number of rotatable bonds is 6.